The molecule has 1 N–H and O–H groups in total. The number of carbonyl (C=O) groups excluding carboxylic acids is 1. The van der Waals surface area contributed by atoms with Gasteiger partial charge in [-0.15, -0.1) is 0 Å². The molecule has 1 aliphatic heterocycles. The summed E-state index contributed by atoms with van der Waals surface area (Å²) in [5.74, 6) is -0.0732. The second-order valence-corrected chi connectivity index (χ2v) is 6.93. The van der Waals surface area contributed by atoms with Gasteiger partial charge in [-0.05, 0) is 17.7 Å². The Kier molecular flexibility index (Phi) is 5.13. The van der Waals surface area contributed by atoms with Crippen molar-refractivity contribution in [3.05, 3.63) is 60.2 Å². The number of hydrogen-bond donors (Lipinski definition) is 1. The number of nitrogens with zero attached hydrogens (tertiary/aromatic N) is 5. The fourth-order valence-electron chi connectivity index (χ4n) is 3.46. The zero-order valence-corrected chi connectivity index (χ0v) is 15.1. The number of rotatable bonds is 4. The van der Waals surface area contributed by atoms with Gasteiger partial charge >= 0.3 is 0 Å². The van der Waals surface area contributed by atoms with E-state index in [1.165, 1.54) is 10.4 Å². The van der Waals surface area contributed by atoms with Gasteiger partial charge in [0, 0.05) is 32.7 Å². The number of aliphatic hydroxyl groups excluding tert-OH is 1. The van der Waals surface area contributed by atoms with Crippen molar-refractivity contribution in [1.82, 2.24) is 24.8 Å². The standard InChI is InChI=1S/C20H23N5O2/c26-17-13-23(12-16-6-2-1-3-7-16)10-11-24(14-17)20(27)15-25-21-18-8-4-5-9-19(18)22-25/h1-9,17,26H,10-15H2. The molecule has 1 atom stereocenters. The lowest BCUT2D eigenvalue weighted by Gasteiger charge is -2.21. The number of hydrogen-bond acceptors (Lipinski definition) is 5. The van der Waals surface area contributed by atoms with Crippen LogP contribution in [0.2, 0.25) is 0 Å². The molecule has 1 aliphatic rings. The maximum absolute atomic E-state index is 12.7. The maximum Gasteiger partial charge on any atom is 0.246 e. The molecule has 2 heterocycles. The van der Waals surface area contributed by atoms with Crippen molar-refractivity contribution in [3.63, 3.8) is 0 Å². The Morgan fingerprint density at radius 1 is 0.963 bits per heavy atom. The Balaban J connectivity index is 1.39. The van der Waals surface area contributed by atoms with E-state index in [1.54, 1.807) is 4.90 Å². The lowest BCUT2D eigenvalue weighted by atomic mass is 10.2. The number of β-amino-alcohol motifs (C(OH)–C–C–N with tert-alkyl or cyclic N) is 1. The summed E-state index contributed by atoms with van der Waals surface area (Å²) < 4.78 is 0. The van der Waals surface area contributed by atoms with E-state index in [1.807, 2.05) is 42.5 Å². The zero-order valence-electron chi connectivity index (χ0n) is 15.1. The van der Waals surface area contributed by atoms with Gasteiger partial charge < -0.3 is 10.0 Å². The van der Waals surface area contributed by atoms with Crippen LogP contribution in [0.4, 0.5) is 0 Å². The van der Waals surface area contributed by atoms with Crippen molar-refractivity contribution >= 4 is 16.9 Å². The molecule has 140 valence electrons. The topological polar surface area (TPSA) is 74.5 Å². The molecule has 3 aromatic rings. The normalized spacial score (nSPS) is 18.6. The monoisotopic (exact) mass is 365 g/mol. The third-order valence-corrected chi connectivity index (χ3v) is 4.79. The van der Waals surface area contributed by atoms with E-state index in [9.17, 15) is 9.90 Å². The molecular weight excluding hydrogens is 342 g/mol. The fraction of sp³-hybridized carbons (Fsp3) is 0.350. The first kappa shape index (κ1) is 17.6. The van der Waals surface area contributed by atoms with Crippen LogP contribution in [0.25, 0.3) is 11.0 Å². The van der Waals surface area contributed by atoms with Crippen LogP contribution in [0.3, 0.4) is 0 Å². The molecule has 0 aliphatic carbocycles. The number of fused-ring (bicyclic) bond motifs is 1. The number of aromatic nitrogens is 3. The first-order valence-corrected chi connectivity index (χ1v) is 9.19. The van der Waals surface area contributed by atoms with Gasteiger partial charge in [-0.2, -0.15) is 15.0 Å². The molecule has 2 aromatic carbocycles. The summed E-state index contributed by atoms with van der Waals surface area (Å²) in [6.45, 7) is 3.06. The third-order valence-electron chi connectivity index (χ3n) is 4.79. The van der Waals surface area contributed by atoms with Crippen LogP contribution in [0.15, 0.2) is 54.6 Å². The highest BCUT2D eigenvalue weighted by molar-refractivity contribution is 5.77. The number of aliphatic hydroxyl groups is 1. The van der Waals surface area contributed by atoms with Crippen LogP contribution in [-0.4, -0.2) is 68.1 Å². The highest BCUT2D eigenvalue weighted by atomic mass is 16.3. The molecule has 0 saturated carbocycles. The van der Waals surface area contributed by atoms with E-state index in [-0.39, 0.29) is 12.5 Å². The average Bonchev–Trinajstić information content (AvgIpc) is 2.98. The van der Waals surface area contributed by atoms with Gasteiger partial charge in [0.1, 0.15) is 17.6 Å². The highest BCUT2D eigenvalue weighted by Gasteiger charge is 2.25. The number of amides is 1. The van der Waals surface area contributed by atoms with Crippen LogP contribution in [0.1, 0.15) is 5.56 Å². The Morgan fingerprint density at radius 3 is 2.33 bits per heavy atom. The minimum Gasteiger partial charge on any atom is -0.390 e. The average molecular weight is 365 g/mol. The molecule has 1 amide bonds. The summed E-state index contributed by atoms with van der Waals surface area (Å²) in [5, 5.41) is 19.1. The molecule has 0 bridgehead atoms. The zero-order chi connectivity index (χ0) is 18.6. The van der Waals surface area contributed by atoms with Crippen LogP contribution in [0, 0.1) is 0 Å². The molecule has 4 rings (SSSR count). The van der Waals surface area contributed by atoms with Crippen molar-refractivity contribution < 1.29 is 9.90 Å². The van der Waals surface area contributed by atoms with E-state index in [0.29, 0.717) is 19.6 Å². The lowest BCUT2D eigenvalue weighted by molar-refractivity contribution is -0.133. The van der Waals surface area contributed by atoms with Gasteiger partial charge in [-0.1, -0.05) is 42.5 Å². The highest BCUT2D eigenvalue weighted by Crippen LogP contribution is 2.11. The molecule has 7 heteroatoms. The fourth-order valence-corrected chi connectivity index (χ4v) is 3.46. The van der Waals surface area contributed by atoms with Gasteiger partial charge in [0.25, 0.3) is 0 Å². The Hall–Kier alpha value is -2.77. The summed E-state index contributed by atoms with van der Waals surface area (Å²) in [7, 11) is 0. The SMILES string of the molecule is O=C(Cn1nc2ccccc2n1)N1CCN(Cc2ccccc2)CC(O)C1. The van der Waals surface area contributed by atoms with Crippen molar-refractivity contribution in [2.24, 2.45) is 0 Å². The molecule has 1 saturated heterocycles. The van der Waals surface area contributed by atoms with E-state index < -0.39 is 6.10 Å². The second kappa shape index (κ2) is 7.85. The molecule has 7 nitrogen and oxygen atoms in total. The largest absolute Gasteiger partial charge is 0.390 e. The van der Waals surface area contributed by atoms with Gasteiger partial charge in [-0.25, -0.2) is 0 Å². The van der Waals surface area contributed by atoms with E-state index >= 15 is 0 Å². The van der Waals surface area contributed by atoms with Crippen molar-refractivity contribution in [2.75, 3.05) is 26.2 Å². The minimum atomic E-state index is -0.565. The molecule has 0 radical (unpaired) electrons. The maximum atomic E-state index is 12.7. The lowest BCUT2D eigenvalue weighted by Crippen LogP contribution is -2.39. The smallest absolute Gasteiger partial charge is 0.246 e. The van der Waals surface area contributed by atoms with E-state index in [0.717, 1.165) is 24.1 Å². The minimum absolute atomic E-state index is 0.0732. The molecule has 1 aromatic heterocycles. The second-order valence-electron chi connectivity index (χ2n) is 6.93. The van der Waals surface area contributed by atoms with Crippen LogP contribution in [0.5, 0.6) is 0 Å². The summed E-state index contributed by atoms with van der Waals surface area (Å²) in [4.78, 5) is 18.0. The molecule has 1 fully saturated rings. The van der Waals surface area contributed by atoms with Crippen LogP contribution < -0.4 is 0 Å². The molecule has 0 spiro atoms. The summed E-state index contributed by atoms with van der Waals surface area (Å²) in [6.07, 6.45) is -0.565. The first-order valence-electron chi connectivity index (χ1n) is 9.19. The number of carbonyl (C=O) groups is 1. The predicted molar refractivity (Wildman–Crippen MR) is 102 cm³/mol. The molecule has 27 heavy (non-hydrogen) atoms. The van der Waals surface area contributed by atoms with Gasteiger partial charge in [0.2, 0.25) is 5.91 Å². The van der Waals surface area contributed by atoms with E-state index in [4.69, 9.17) is 0 Å². The summed E-state index contributed by atoms with van der Waals surface area (Å²) >= 11 is 0. The third kappa shape index (κ3) is 4.32. The Labute approximate surface area is 157 Å². The Morgan fingerprint density at radius 2 is 1.63 bits per heavy atom. The van der Waals surface area contributed by atoms with Crippen molar-refractivity contribution in [2.45, 2.75) is 19.2 Å². The van der Waals surface area contributed by atoms with Crippen LogP contribution >= 0.6 is 0 Å². The quantitative estimate of drug-likeness (QED) is 0.750. The molecular formula is C20H23N5O2. The van der Waals surface area contributed by atoms with Crippen molar-refractivity contribution in [3.8, 4) is 0 Å². The predicted octanol–water partition coefficient (Wildman–Crippen LogP) is 1.14. The van der Waals surface area contributed by atoms with Gasteiger partial charge in [0.05, 0.1) is 6.10 Å². The van der Waals surface area contributed by atoms with Gasteiger partial charge in [0.15, 0.2) is 0 Å². The summed E-state index contributed by atoms with van der Waals surface area (Å²) in [5.41, 5.74) is 2.75. The van der Waals surface area contributed by atoms with Crippen LogP contribution in [-0.2, 0) is 17.9 Å². The molecule has 1 unspecified atom stereocenters. The first-order chi connectivity index (χ1) is 13.2. The van der Waals surface area contributed by atoms with E-state index in [2.05, 4.69) is 27.2 Å². The number of benzene rings is 2. The van der Waals surface area contributed by atoms with Crippen molar-refractivity contribution in [1.29, 1.82) is 0 Å². The summed E-state index contributed by atoms with van der Waals surface area (Å²) in [6, 6.07) is 17.7. The van der Waals surface area contributed by atoms with Gasteiger partial charge in [-0.3, -0.25) is 9.69 Å². The Bertz CT molecular complexity index is 878.